The molecule has 0 saturated carbocycles. The molecule has 0 spiro atoms. The van der Waals surface area contributed by atoms with E-state index in [9.17, 15) is 0 Å². The van der Waals surface area contributed by atoms with Crippen LogP contribution in [0.25, 0.3) is 10.9 Å². The molecule has 4 heteroatoms. The van der Waals surface area contributed by atoms with Crippen molar-refractivity contribution < 1.29 is 0 Å². The highest BCUT2D eigenvalue weighted by Crippen LogP contribution is 2.17. The topological polar surface area (TPSA) is 19.4 Å². The molecule has 1 aliphatic heterocycles. The highest BCUT2D eigenvalue weighted by atomic mass is 15.3. The van der Waals surface area contributed by atoms with Crippen LogP contribution in [-0.4, -0.2) is 51.0 Å². The fourth-order valence-corrected chi connectivity index (χ4v) is 2.39. The van der Waals surface area contributed by atoms with Gasteiger partial charge in [-0.15, -0.1) is 0 Å². The smallest absolute Gasteiger partial charge is 0.128 e. The van der Waals surface area contributed by atoms with Crippen molar-refractivity contribution in [2.24, 2.45) is 0 Å². The van der Waals surface area contributed by atoms with Gasteiger partial charge in [0.05, 0.1) is 5.52 Å². The van der Waals surface area contributed by atoms with Crippen LogP contribution < -0.4 is 10.4 Å². The van der Waals surface area contributed by atoms with Crippen LogP contribution in [0, 0.1) is 0 Å². The number of anilines is 1. The van der Waals surface area contributed by atoms with Crippen LogP contribution in [0.1, 0.15) is 0 Å². The van der Waals surface area contributed by atoms with Gasteiger partial charge in [0.1, 0.15) is 13.7 Å². The van der Waals surface area contributed by atoms with Crippen molar-refractivity contribution in [2.45, 2.75) is 0 Å². The van der Waals surface area contributed by atoms with Gasteiger partial charge in [0, 0.05) is 26.2 Å². The zero-order chi connectivity index (χ0) is 12.5. The summed E-state index contributed by atoms with van der Waals surface area (Å²) in [7, 11) is 8.27. The minimum absolute atomic E-state index is 0.814. The molecule has 0 atom stereocenters. The quantitative estimate of drug-likeness (QED) is 0.683. The van der Waals surface area contributed by atoms with Gasteiger partial charge in [0.2, 0.25) is 0 Å². The Balaban J connectivity index is 1.97. The minimum atomic E-state index is 0.814. The van der Waals surface area contributed by atoms with Crippen molar-refractivity contribution in [2.75, 3.05) is 38.1 Å². The molecule has 2 radical (unpaired) electrons. The molecular weight excluding hydrogens is 221 g/mol. The van der Waals surface area contributed by atoms with E-state index in [1.807, 2.05) is 30.3 Å². The molecule has 2 heterocycles. The summed E-state index contributed by atoms with van der Waals surface area (Å²) in [5, 5.41) is 1.04. The summed E-state index contributed by atoms with van der Waals surface area (Å²) in [6.45, 7) is 4.19. The summed E-state index contributed by atoms with van der Waals surface area (Å²) in [5.41, 5.74) is 1.79. The number of hydrogen-bond acceptors (Lipinski definition) is 3. The van der Waals surface area contributed by atoms with E-state index in [1.54, 1.807) is 0 Å². The van der Waals surface area contributed by atoms with Gasteiger partial charge in [-0.25, -0.2) is 4.98 Å². The Kier molecular flexibility index (Phi) is 2.96. The van der Waals surface area contributed by atoms with Crippen molar-refractivity contribution >= 4 is 30.0 Å². The van der Waals surface area contributed by atoms with E-state index in [2.05, 4.69) is 16.8 Å². The van der Waals surface area contributed by atoms with Gasteiger partial charge in [-0.2, -0.15) is 0 Å². The maximum absolute atomic E-state index is 6.11. The summed E-state index contributed by atoms with van der Waals surface area (Å²) >= 11 is 0. The summed E-state index contributed by atoms with van der Waals surface area (Å²) in [6, 6.07) is 10.0. The van der Waals surface area contributed by atoms with E-state index in [4.69, 9.17) is 12.8 Å². The molecule has 0 N–H and O–H groups in total. The molecule has 0 aliphatic carbocycles. The number of fused-ring (bicyclic) bond motifs is 1. The van der Waals surface area contributed by atoms with Crippen molar-refractivity contribution in [3.63, 3.8) is 0 Å². The first-order chi connectivity index (χ1) is 8.74. The third kappa shape index (κ3) is 2.08. The first-order valence-electron chi connectivity index (χ1n) is 6.33. The fraction of sp³-hybridized carbons (Fsp3) is 0.357. The molecule has 0 unspecified atom stereocenters. The number of pyridine rings is 1. The van der Waals surface area contributed by atoms with Crippen LogP contribution in [0.3, 0.4) is 0 Å². The molecular formula is C14H16BN3. The Bertz CT molecular complexity index is 562. The van der Waals surface area contributed by atoms with Crippen molar-refractivity contribution in [3.8, 4) is 0 Å². The van der Waals surface area contributed by atoms with Gasteiger partial charge in [-0.3, -0.25) is 0 Å². The van der Waals surface area contributed by atoms with Crippen molar-refractivity contribution in [1.29, 1.82) is 0 Å². The Morgan fingerprint density at radius 2 is 1.83 bits per heavy atom. The second-order valence-corrected chi connectivity index (χ2v) is 4.88. The average molecular weight is 237 g/mol. The molecule has 3 nitrogen and oxygen atoms in total. The standard InChI is InChI=1S/C14H16BN3/c1-17-6-8-18(9-7-17)14-10-12(15)11-4-2-3-5-13(11)16-14/h2-5,10H,6-9H2,1H3. The molecule has 90 valence electrons. The number of likely N-dealkylation sites (N-methyl/N-ethyl adjacent to an activating group) is 1. The van der Waals surface area contributed by atoms with E-state index in [-0.39, 0.29) is 0 Å². The Morgan fingerprint density at radius 1 is 1.11 bits per heavy atom. The molecule has 3 rings (SSSR count). The van der Waals surface area contributed by atoms with Crippen LogP contribution in [0.15, 0.2) is 30.3 Å². The van der Waals surface area contributed by atoms with Crippen LogP contribution in [0.2, 0.25) is 0 Å². The zero-order valence-corrected chi connectivity index (χ0v) is 10.6. The number of para-hydroxylation sites is 1. The monoisotopic (exact) mass is 237 g/mol. The molecule has 1 fully saturated rings. The summed E-state index contributed by atoms with van der Waals surface area (Å²) in [5.74, 6) is 0.999. The lowest BCUT2D eigenvalue weighted by atomic mass is 9.92. The van der Waals surface area contributed by atoms with Gasteiger partial charge < -0.3 is 9.80 Å². The molecule has 1 saturated heterocycles. The molecule has 1 aromatic carbocycles. The average Bonchev–Trinajstić information content (AvgIpc) is 2.39. The highest BCUT2D eigenvalue weighted by molar-refractivity contribution is 6.38. The summed E-state index contributed by atoms with van der Waals surface area (Å²) in [4.78, 5) is 9.35. The Morgan fingerprint density at radius 3 is 2.61 bits per heavy atom. The van der Waals surface area contributed by atoms with Crippen LogP contribution in [-0.2, 0) is 0 Å². The molecule has 2 aromatic rings. The van der Waals surface area contributed by atoms with Gasteiger partial charge in [-0.05, 0) is 24.6 Å². The SMILES string of the molecule is [B]c1cc(N2CCN(C)CC2)nc2ccccc12. The Hall–Kier alpha value is -1.55. The number of aromatic nitrogens is 1. The third-order valence-electron chi connectivity index (χ3n) is 3.56. The lowest BCUT2D eigenvalue weighted by Gasteiger charge is -2.33. The van der Waals surface area contributed by atoms with Crippen molar-refractivity contribution in [1.82, 2.24) is 9.88 Å². The summed E-state index contributed by atoms with van der Waals surface area (Å²) < 4.78 is 0. The summed E-state index contributed by atoms with van der Waals surface area (Å²) in [6.07, 6.45) is 0. The van der Waals surface area contributed by atoms with Crippen LogP contribution in [0.4, 0.5) is 5.82 Å². The fourth-order valence-electron chi connectivity index (χ4n) is 2.39. The van der Waals surface area contributed by atoms with E-state index >= 15 is 0 Å². The van der Waals surface area contributed by atoms with E-state index in [1.165, 1.54) is 0 Å². The second-order valence-electron chi connectivity index (χ2n) is 4.88. The van der Waals surface area contributed by atoms with Gasteiger partial charge in [0.15, 0.2) is 0 Å². The second kappa shape index (κ2) is 4.61. The first-order valence-corrected chi connectivity index (χ1v) is 6.33. The van der Waals surface area contributed by atoms with E-state index in [0.717, 1.165) is 48.4 Å². The number of nitrogens with zero attached hydrogens (tertiary/aromatic N) is 3. The maximum atomic E-state index is 6.11. The third-order valence-corrected chi connectivity index (χ3v) is 3.56. The largest absolute Gasteiger partial charge is 0.354 e. The van der Waals surface area contributed by atoms with Crippen molar-refractivity contribution in [3.05, 3.63) is 30.3 Å². The minimum Gasteiger partial charge on any atom is -0.354 e. The zero-order valence-electron chi connectivity index (χ0n) is 10.6. The van der Waals surface area contributed by atoms with Crippen LogP contribution in [0.5, 0.6) is 0 Å². The highest BCUT2D eigenvalue weighted by Gasteiger charge is 2.15. The van der Waals surface area contributed by atoms with Crippen LogP contribution >= 0.6 is 0 Å². The van der Waals surface area contributed by atoms with Gasteiger partial charge in [0.25, 0.3) is 0 Å². The molecule has 1 aromatic heterocycles. The van der Waals surface area contributed by atoms with E-state index < -0.39 is 0 Å². The maximum Gasteiger partial charge on any atom is 0.128 e. The predicted molar refractivity (Wildman–Crippen MR) is 76.8 cm³/mol. The van der Waals surface area contributed by atoms with Gasteiger partial charge in [-0.1, -0.05) is 23.7 Å². The molecule has 0 bridgehead atoms. The molecule has 0 amide bonds. The normalized spacial score (nSPS) is 17.3. The molecule has 1 aliphatic rings. The number of piperazine rings is 1. The molecule has 18 heavy (non-hydrogen) atoms. The Labute approximate surface area is 109 Å². The number of hydrogen-bond donors (Lipinski definition) is 0. The van der Waals surface area contributed by atoms with Gasteiger partial charge >= 0.3 is 0 Å². The first kappa shape index (κ1) is 11.5. The predicted octanol–water partition coefficient (Wildman–Crippen LogP) is 0.780. The number of benzene rings is 1. The lowest BCUT2D eigenvalue weighted by Crippen LogP contribution is -2.45. The van der Waals surface area contributed by atoms with E-state index in [0.29, 0.717) is 0 Å². The lowest BCUT2D eigenvalue weighted by molar-refractivity contribution is 0.312. The number of rotatable bonds is 1.